The van der Waals surface area contributed by atoms with E-state index in [1.54, 1.807) is 0 Å². The van der Waals surface area contributed by atoms with E-state index in [0.717, 1.165) is 12.5 Å². The van der Waals surface area contributed by atoms with Gasteiger partial charge in [0.15, 0.2) is 0 Å². The van der Waals surface area contributed by atoms with Crippen molar-refractivity contribution in [1.82, 2.24) is 10.2 Å². The zero-order chi connectivity index (χ0) is 11.3. The van der Waals surface area contributed by atoms with Crippen LogP contribution in [-0.2, 0) is 4.79 Å². The maximum Gasteiger partial charge on any atom is 0.322 e. The average Bonchev–Trinajstić information content (AvgIpc) is 2.10. The minimum Gasteiger partial charge on any atom is -0.480 e. The van der Waals surface area contributed by atoms with Crippen LogP contribution in [0.15, 0.2) is 0 Å². The minimum atomic E-state index is -0.752. The number of aliphatic carboxylic acids is 1. The van der Waals surface area contributed by atoms with Crippen molar-refractivity contribution < 1.29 is 9.90 Å². The fourth-order valence-corrected chi connectivity index (χ4v) is 1.98. The number of carboxylic acids is 1. The third kappa shape index (κ3) is 4.18. The molecule has 88 valence electrons. The van der Waals surface area contributed by atoms with E-state index in [9.17, 15) is 4.79 Å². The van der Waals surface area contributed by atoms with Gasteiger partial charge in [-0.25, -0.2) is 0 Å². The summed E-state index contributed by atoms with van der Waals surface area (Å²) in [5.41, 5.74) is 0. The Labute approximate surface area is 91.6 Å². The predicted molar refractivity (Wildman–Crippen MR) is 59.9 cm³/mol. The first-order chi connectivity index (χ1) is 7.13. The molecule has 1 atom stereocenters. The maximum atomic E-state index is 10.9. The van der Waals surface area contributed by atoms with Crippen molar-refractivity contribution in [3.05, 3.63) is 0 Å². The summed E-state index contributed by atoms with van der Waals surface area (Å²) in [7, 11) is 2.01. The molecular formula is C11H22N2O2. The van der Waals surface area contributed by atoms with Crippen LogP contribution in [0.2, 0.25) is 0 Å². The van der Waals surface area contributed by atoms with Crippen molar-refractivity contribution in [2.24, 2.45) is 5.92 Å². The topological polar surface area (TPSA) is 52.6 Å². The minimum absolute atomic E-state index is 0.430. The van der Waals surface area contributed by atoms with Gasteiger partial charge >= 0.3 is 5.97 Å². The molecule has 2 N–H and O–H groups in total. The molecule has 0 saturated heterocycles. The molecule has 1 rings (SSSR count). The standard InChI is InChI=1S/C11H22N2O2/c1-3-12-10(11(14)15)8-13(2)7-9-5-4-6-9/h9-10,12H,3-8H2,1-2H3,(H,14,15). The van der Waals surface area contributed by atoms with Crippen molar-refractivity contribution in [3.8, 4) is 0 Å². The second kappa shape index (κ2) is 6.08. The molecule has 4 nitrogen and oxygen atoms in total. The van der Waals surface area contributed by atoms with Crippen LogP contribution >= 0.6 is 0 Å². The lowest BCUT2D eigenvalue weighted by molar-refractivity contribution is -0.140. The Kier molecular flexibility index (Phi) is 5.05. The molecule has 1 fully saturated rings. The van der Waals surface area contributed by atoms with Gasteiger partial charge in [0.25, 0.3) is 0 Å². The Balaban J connectivity index is 2.25. The molecule has 0 aromatic carbocycles. The number of hydrogen-bond acceptors (Lipinski definition) is 3. The Morgan fingerprint density at radius 3 is 2.67 bits per heavy atom. The summed E-state index contributed by atoms with van der Waals surface area (Å²) >= 11 is 0. The number of carbonyl (C=O) groups is 1. The van der Waals surface area contributed by atoms with E-state index in [1.807, 2.05) is 14.0 Å². The van der Waals surface area contributed by atoms with Crippen LogP contribution in [0, 0.1) is 5.92 Å². The second-order valence-electron chi connectivity index (χ2n) is 4.47. The van der Waals surface area contributed by atoms with Crippen LogP contribution < -0.4 is 5.32 Å². The predicted octanol–water partition coefficient (Wildman–Crippen LogP) is 0.781. The van der Waals surface area contributed by atoms with Crippen molar-refractivity contribution in [1.29, 1.82) is 0 Å². The lowest BCUT2D eigenvalue weighted by atomic mass is 9.85. The van der Waals surface area contributed by atoms with Crippen molar-refractivity contribution >= 4 is 5.97 Å². The van der Waals surface area contributed by atoms with Gasteiger partial charge in [-0.1, -0.05) is 13.3 Å². The number of nitrogens with zero attached hydrogens (tertiary/aromatic N) is 1. The first-order valence-electron chi connectivity index (χ1n) is 5.78. The van der Waals surface area contributed by atoms with Crippen LogP contribution in [0.3, 0.4) is 0 Å². The lowest BCUT2D eigenvalue weighted by Gasteiger charge is -2.31. The molecule has 0 radical (unpaired) electrons. The van der Waals surface area contributed by atoms with Crippen molar-refractivity contribution in [2.75, 3.05) is 26.7 Å². The molecule has 1 aliphatic carbocycles. The molecule has 0 aromatic heterocycles. The molecule has 1 aliphatic rings. The van der Waals surface area contributed by atoms with Crippen LogP contribution in [0.5, 0.6) is 0 Å². The summed E-state index contributed by atoms with van der Waals surface area (Å²) < 4.78 is 0. The van der Waals surface area contributed by atoms with E-state index in [1.165, 1.54) is 19.3 Å². The highest BCUT2D eigenvalue weighted by molar-refractivity contribution is 5.73. The molecular weight excluding hydrogens is 192 g/mol. The van der Waals surface area contributed by atoms with E-state index in [4.69, 9.17) is 5.11 Å². The largest absolute Gasteiger partial charge is 0.480 e. The van der Waals surface area contributed by atoms with Gasteiger partial charge in [-0.2, -0.15) is 0 Å². The van der Waals surface area contributed by atoms with Gasteiger partial charge in [0, 0.05) is 13.1 Å². The Hall–Kier alpha value is -0.610. The molecule has 0 spiro atoms. The SMILES string of the molecule is CCNC(CN(C)CC1CCC1)C(=O)O. The molecule has 0 bridgehead atoms. The molecule has 4 heteroatoms. The van der Waals surface area contributed by atoms with E-state index < -0.39 is 12.0 Å². The quantitative estimate of drug-likeness (QED) is 0.657. The smallest absolute Gasteiger partial charge is 0.322 e. The zero-order valence-corrected chi connectivity index (χ0v) is 9.70. The molecule has 0 amide bonds. The lowest BCUT2D eigenvalue weighted by Crippen LogP contribution is -2.46. The maximum absolute atomic E-state index is 10.9. The summed E-state index contributed by atoms with van der Waals surface area (Å²) in [5.74, 6) is 0.0448. The summed E-state index contributed by atoms with van der Waals surface area (Å²) in [6, 6.07) is -0.430. The van der Waals surface area contributed by atoms with E-state index in [-0.39, 0.29) is 0 Å². The van der Waals surface area contributed by atoms with Crippen LogP contribution in [0.1, 0.15) is 26.2 Å². The van der Waals surface area contributed by atoms with Gasteiger partial charge in [-0.3, -0.25) is 4.79 Å². The number of nitrogens with one attached hydrogen (secondary N) is 1. The number of hydrogen-bond donors (Lipinski definition) is 2. The van der Waals surface area contributed by atoms with Gasteiger partial charge in [-0.05, 0) is 32.4 Å². The van der Waals surface area contributed by atoms with Crippen LogP contribution in [-0.4, -0.2) is 48.7 Å². The fourth-order valence-electron chi connectivity index (χ4n) is 1.98. The molecule has 1 saturated carbocycles. The fraction of sp³-hybridized carbons (Fsp3) is 0.909. The van der Waals surface area contributed by atoms with E-state index >= 15 is 0 Å². The van der Waals surface area contributed by atoms with Gasteiger partial charge in [-0.15, -0.1) is 0 Å². The summed E-state index contributed by atoms with van der Waals surface area (Å²) in [4.78, 5) is 13.0. The third-order valence-electron chi connectivity index (χ3n) is 3.04. The normalized spacial score (nSPS) is 18.9. The van der Waals surface area contributed by atoms with E-state index in [0.29, 0.717) is 13.1 Å². The summed E-state index contributed by atoms with van der Waals surface area (Å²) in [6.45, 7) is 4.27. The Morgan fingerprint density at radius 1 is 1.60 bits per heavy atom. The summed E-state index contributed by atoms with van der Waals surface area (Å²) in [5, 5.41) is 12.0. The van der Waals surface area contributed by atoms with Crippen molar-refractivity contribution in [2.45, 2.75) is 32.2 Å². The average molecular weight is 214 g/mol. The Morgan fingerprint density at radius 2 is 2.27 bits per heavy atom. The molecule has 1 unspecified atom stereocenters. The van der Waals surface area contributed by atoms with Gasteiger partial charge < -0.3 is 15.3 Å². The van der Waals surface area contributed by atoms with Crippen molar-refractivity contribution in [3.63, 3.8) is 0 Å². The highest BCUT2D eigenvalue weighted by Crippen LogP contribution is 2.26. The Bertz CT molecular complexity index is 205. The van der Waals surface area contributed by atoms with Crippen LogP contribution in [0.25, 0.3) is 0 Å². The highest BCUT2D eigenvalue weighted by atomic mass is 16.4. The molecule has 0 aromatic rings. The van der Waals surface area contributed by atoms with E-state index in [2.05, 4.69) is 10.2 Å². The second-order valence-corrected chi connectivity index (χ2v) is 4.47. The molecule has 0 aliphatic heterocycles. The zero-order valence-electron chi connectivity index (χ0n) is 9.70. The van der Waals surface area contributed by atoms with Gasteiger partial charge in [0.2, 0.25) is 0 Å². The first kappa shape index (κ1) is 12.5. The number of rotatable bonds is 7. The molecule has 15 heavy (non-hydrogen) atoms. The first-order valence-corrected chi connectivity index (χ1v) is 5.78. The third-order valence-corrected chi connectivity index (χ3v) is 3.04. The highest BCUT2D eigenvalue weighted by Gasteiger charge is 2.22. The molecule has 0 heterocycles. The van der Waals surface area contributed by atoms with Gasteiger partial charge in [0.1, 0.15) is 6.04 Å². The summed E-state index contributed by atoms with van der Waals surface area (Å²) in [6.07, 6.45) is 3.96. The van der Waals surface area contributed by atoms with Gasteiger partial charge in [0.05, 0.1) is 0 Å². The monoisotopic (exact) mass is 214 g/mol. The number of carboxylic acid groups (broad SMARTS) is 1. The number of likely N-dealkylation sites (N-methyl/N-ethyl adjacent to an activating group) is 2. The van der Waals surface area contributed by atoms with Crippen LogP contribution in [0.4, 0.5) is 0 Å².